The van der Waals surface area contributed by atoms with Crippen LogP contribution in [0.5, 0.6) is 0 Å². The van der Waals surface area contributed by atoms with Crippen molar-refractivity contribution >= 4 is 51.6 Å². The van der Waals surface area contributed by atoms with Gasteiger partial charge in [0, 0.05) is 35.0 Å². The monoisotopic (exact) mass is 481 g/mol. The summed E-state index contributed by atoms with van der Waals surface area (Å²) in [5.74, 6) is -0.365. The third kappa shape index (κ3) is 5.56. The van der Waals surface area contributed by atoms with E-state index in [0.29, 0.717) is 10.7 Å². The lowest BCUT2D eigenvalue weighted by Gasteiger charge is -2.20. The molecule has 0 amide bonds. The second-order valence-corrected chi connectivity index (χ2v) is 9.41. The number of nitrogens with zero attached hydrogens (tertiary/aromatic N) is 2. The summed E-state index contributed by atoms with van der Waals surface area (Å²) in [6.07, 6.45) is 3.58. The first-order chi connectivity index (χ1) is 15.5. The normalized spacial score (nSPS) is 12.2. The molecule has 8 heteroatoms. The first-order valence-electron chi connectivity index (χ1n) is 10.2. The average Bonchev–Trinajstić information content (AvgIpc) is 2.77. The zero-order chi connectivity index (χ0) is 24.3. The molecule has 1 aromatic heterocycles. The van der Waals surface area contributed by atoms with Gasteiger partial charge in [0.2, 0.25) is 5.70 Å². The summed E-state index contributed by atoms with van der Waals surface area (Å²) in [6.45, 7) is 8.17. The van der Waals surface area contributed by atoms with Crippen molar-refractivity contribution in [1.82, 2.24) is 0 Å². The highest BCUT2D eigenvalue weighted by Gasteiger charge is 2.22. The van der Waals surface area contributed by atoms with Crippen molar-refractivity contribution in [2.75, 3.05) is 5.32 Å². The van der Waals surface area contributed by atoms with Crippen LogP contribution in [0.1, 0.15) is 37.5 Å². The largest absolute Gasteiger partial charge is 0.867 e. The number of nitro groups is 1. The number of rotatable bonds is 5. The summed E-state index contributed by atoms with van der Waals surface area (Å²) in [5, 5.41) is 28.2. The van der Waals surface area contributed by atoms with E-state index in [4.69, 9.17) is 23.8 Å². The number of anilines is 1. The number of halogens is 1. The summed E-state index contributed by atoms with van der Waals surface area (Å²) in [7, 11) is 0. The molecule has 0 saturated heterocycles. The topological polar surface area (TPSA) is 82.1 Å². The van der Waals surface area contributed by atoms with Crippen LogP contribution in [-0.2, 0) is 5.41 Å². The van der Waals surface area contributed by atoms with E-state index in [1.54, 1.807) is 29.1 Å². The molecule has 0 bridgehead atoms. The van der Waals surface area contributed by atoms with E-state index in [0.717, 1.165) is 11.1 Å². The number of nitrogens with one attached hydrogen (secondary N) is 1. The fraction of sp³-hybridized carbons (Fsp3) is 0.200. The Morgan fingerprint density at radius 1 is 1.06 bits per heavy atom. The fourth-order valence-electron chi connectivity index (χ4n) is 3.21. The highest BCUT2D eigenvalue weighted by molar-refractivity contribution is 7.81. The van der Waals surface area contributed by atoms with Crippen LogP contribution in [0.4, 0.5) is 11.4 Å². The van der Waals surface area contributed by atoms with E-state index in [1.807, 2.05) is 25.1 Å². The Bertz CT molecular complexity index is 1230. The second-order valence-electron chi connectivity index (χ2n) is 8.59. The molecular weight excluding hydrogens is 458 g/mol. The maximum Gasteiger partial charge on any atom is 0.269 e. The predicted molar refractivity (Wildman–Crippen MR) is 134 cm³/mol. The Morgan fingerprint density at radius 3 is 2.21 bits per heavy atom. The molecule has 170 valence electrons. The van der Waals surface area contributed by atoms with E-state index in [2.05, 4.69) is 26.1 Å². The molecular formula is C25H24ClN3O3S. The molecule has 1 heterocycles. The van der Waals surface area contributed by atoms with E-state index >= 15 is 0 Å². The summed E-state index contributed by atoms with van der Waals surface area (Å²) < 4.78 is 1.66. The number of hydrogen-bond donors (Lipinski definition) is 1. The number of nitro benzene ring substituents is 1. The van der Waals surface area contributed by atoms with Crippen molar-refractivity contribution in [2.24, 2.45) is 0 Å². The molecule has 0 aliphatic rings. The Kier molecular flexibility index (Phi) is 7.15. The zero-order valence-electron chi connectivity index (χ0n) is 18.8. The highest BCUT2D eigenvalue weighted by atomic mass is 35.5. The van der Waals surface area contributed by atoms with Gasteiger partial charge in [-0.1, -0.05) is 50.7 Å². The third-order valence-corrected chi connectivity index (χ3v) is 5.94. The molecule has 33 heavy (non-hydrogen) atoms. The number of thiocarbonyl (C=S) groups is 1. The van der Waals surface area contributed by atoms with Gasteiger partial charge in [-0.25, -0.2) is 0 Å². The zero-order valence-corrected chi connectivity index (χ0v) is 20.3. The maximum absolute atomic E-state index is 13.5. The van der Waals surface area contributed by atoms with Gasteiger partial charge in [0.15, 0.2) is 17.4 Å². The van der Waals surface area contributed by atoms with Gasteiger partial charge in [-0.05, 0) is 59.1 Å². The Balaban J connectivity index is 2.11. The molecule has 0 atom stereocenters. The van der Waals surface area contributed by atoms with Crippen molar-refractivity contribution in [1.29, 1.82) is 0 Å². The van der Waals surface area contributed by atoms with Gasteiger partial charge in [-0.3, -0.25) is 10.1 Å². The summed E-state index contributed by atoms with van der Waals surface area (Å²) >= 11 is 11.9. The van der Waals surface area contributed by atoms with Gasteiger partial charge in [0.05, 0.1) is 4.92 Å². The number of non-ortho nitro benzene ring substituents is 1. The minimum Gasteiger partial charge on any atom is -0.867 e. The van der Waals surface area contributed by atoms with Crippen LogP contribution in [0, 0.1) is 17.0 Å². The van der Waals surface area contributed by atoms with Gasteiger partial charge < -0.3 is 10.4 Å². The smallest absolute Gasteiger partial charge is 0.269 e. The van der Waals surface area contributed by atoms with E-state index < -0.39 is 4.92 Å². The van der Waals surface area contributed by atoms with Crippen LogP contribution < -0.4 is 15.0 Å². The molecule has 6 nitrogen and oxygen atoms in total. The Morgan fingerprint density at radius 2 is 1.67 bits per heavy atom. The van der Waals surface area contributed by atoms with Crippen LogP contribution in [0.2, 0.25) is 5.02 Å². The van der Waals surface area contributed by atoms with E-state index in [9.17, 15) is 15.2 Å². The van der Waals surface area contributed by atoms with Gasteiger partial charge in [-0.2, -0.15) is 4.57 Å². The molecule has 0 saturated carbocycles. The maximum atomic E-state index is 13.5. The molecule has 3 aromatic rings. The summed E-state index contributed by atoms with van der Waals surface area (Å²) in [4.78, 5) is 10.7. The number of pyridine rings is 1. The molecule has 0 unspecified atom stereocenters. The summed E-state index contributed by atoms with van der Waals surface area (Å²) in [6, 6.07) is 14.7. The molecule has 1 N–H and O–H groups in total. The lowest BCUT2D eigenvalue weighted by Crippen LogP contribution is -2.40. The molecule has 0 spiro atoms. The minimum absolute atomic E-state index is 0.0573. The quantitative estimate of drug-likeness (QED) is 0.134. The van der Waals surface area contributed by atoms with Crippen molar-refractivity contribution < 1.29 is 14.6 Å². The second kappa shape index (κ2) is 9.68. The first-order valence-corrected chi connectivity index (χ1v) is 11.0. The highest BCUT2D eigenvalue weighted by Crippen LogP contribution is 2.26. The average molecular weight is 482 g/mol. The standard InChI is InChI=1S/C25H24ClN3O3S/c1-16-20(26)6-5-7-21(16)27-24(33)22(28-14-12-18(13-15-28)25(2,3)4)23(30)17-8-10-19(11-9-17)29(31)32/h5-15H,1-4H3,(H-,27,30,33). The van der Waals surface area contributed by atoms with Gasteiger partial charge in [0.1, 0.15) is 0 Å². The molecule has 2 aromatic carbocycles. The molecule has 3 rings (SSSR count). The van der Waals surface area contributed by atoms with Gasteiger partial charge >= 0.3 is 0 Å². The SMILES string of the molecule is Cc1c(Cl)cccc1NC(=S)/C(=C(\[O-])c1ccc([N+](=O)[O-])cc1)[n+]1ccc(C(C)(C)C)cc1. The van der Waals surface area contributed by atoms with Crippen LogP contribution in [0.15, 0.2) is 67.0 Å². The van der Waals surface area contributed by atoms with Crippen LogP contribution in [0.25, 0.3) is 11.5 Å². The number of aromatic nitrogens is 1. The fourth-order valence-corrected chi connectivity index (χ4v) is 3.69. The number of hydrogen-bond acceptors (Lipinski definition) is 4. The van der Waals surface area contributed by atoms with E-state index in [1.165, 1.54) is 24.3 Å². The van der Waals surface area contributed by atoms with Crippen molar-refractivity contribution in [3.63, 3.8) is 0 Å². The minimum atomic E-state index is -0.507. The predicted octanol–water partition coefficient (Wildman–Crippen LogP) is 5.27. The first kappa shape index (κ1) is 24.4. The molecule has 0 aliphatic carbocycles. The van der Waals surface area contributed by atoms with Crippen molar-refractivity contribution in [3.8, 4) is 0 Å². The van der Waals surface area contributed by atoms with Crippen LogP contribution in [0.3, 0.4) is 0 Å². The van der Waals surface area contributed by atoms with Gasteiger partial charge in [-0.15, -0.1) is 0 Å². The number of benzene rings is 2. The molecule has 0 fully saturated rings. The van der Waals surface area contributed by atoms with Crippen molar-refractivity contribution in [3.05, 3.63) is 98.8 Å². The summed E-state index contributed by atoms with van der Waals surface area (Å²) in [5.41, 5.74) is 2.95. The lowest BCUT2D eigenvalue weighted by atomic mass is 9.88. The third-order valence-electron chi connectivity index (χ3n) is 5.24. The van der Waals surface area contributed by atoms with Gasteiger partial charge in [0.25, 0.3) is 5.69 Å². The van der Waals surface area contributed by atoms with Crippen LogP contribution >= 0.6 is 23.8 Å². The van der Waals surface area contributed by atoms with E-state index in [-0.39, 0.29) is 33.1 Å². The lowest BCUT2D eigenvalue weighted by molar-refractivity contribution is -0.577. The molecule has 0 aliphatic heterocycles. The Hall–Kier alpha value is -3.29. The van der Waals surface area contributed by atoms with Crippen LogP contribution in [-0.4, -0.2) is 9.91 Å². The Labute approximate surface area is 203 Å². The van der Waals surface area contributed by atoms with Crippen molar-refractivity contribution in [2.45, 2.75) is 33.1 Å². The molecule has 0 radical (unpaired) electrons.